The highest BCUT2D eigenvalue weighted by Crippen LogP contribution is 2.29. The normalized spacial score (nSPS) is 16.3. The molecule has 2 heteroatoms. The zero-order chi connectivity index (χ0) is 13.4. The largest absolute Gasteiger partial charge is 0.339 e. The Morgan fingerprint density at radius 2 is 1.94 bits per heavy atom. The lowest BCUT2D eigenvalue weighted by molar-refractivity contribution is -0.128. The molecule has 18 heavy (non-hydrogen) atoms. The molecular formula is C16H27NO. The first kappa shape index (κ1) is 15.0. The van der Waals surface area contributed by atoms with Crippen LogP contribution in [0.4, 0.5) is 0 Å². The molecule has 0 N–H and O–H groups in total. The van der Waals surface area contributed by atoms with Gasteiger partial charge in [-0.2, -0.15) is 0 Å². The van der Waals surface area contributed by atoms with E-state index >= 15 is 0 Å². The van der Waals surface area contributed by atoms with E-state index in [9.17, 15) is 4.79 Å². The van der Waals surface area contributed by atoms with Gasteiger partial charge in [0.15, 0.2) is 0 Å². The number of nitrogens with zero attached hydrogens (tertiary/aromatic N) is 1. The topological polar surface area (TPSA) is 20.3 Å². The van der Waals surface area contributed by atoms with Crippen LogP contribution in [0.25, 0.3) is 0 Å². The molecule has 0 aromatic carbocycles. The van der Waals surface area contributed by atoms with Gasteiger partial charge in [-0.3, -0.25) is 4.79 Å². The molecule has 1 aliphatic rings. The van der Waals surface area contributed by atoms with Crippen molar-refractivity contribution < 1.29 is 4.79 Å². The first-order valence-corrected chi connectivity index (χ1v) is 7.19. The average molecular weight is 249 g/mol. The van der Waals surface area contributed by atoms with Crippen LogP contribution >= 0.6 is 0 Å². The molecule has 0 atom stereocenters. The van der Waals surface area contributed by atoms with Crippen LogP contribution in [-0.4, -0.2) is 23.9 Å². The second kappa shape index (κ2) is 8.12. The minimum atomic E-state index is 0.209. The summed E-state index contributed by atoms with van der Waals surface area (Å²) in [6.45, 7) is 7.73. The van der Waals surface area contributed by atoms with Crippen molar-refractivity contribution >= 4 is 5.91 Å². The highest BCUT2D eigenvalue weighted by atomic mass is 16.2. The van der Waals surface area contributed by atoms with Gasteiger partial charge in [-0.15, -0.1) is 0 Å². The van der Waals surface area contributed by atoms with Crippen molar-refractivity contribution in [2.45, 2.75) is 52.9 Å². The number of carbonyl (C=O) groups is 1. The lowest BCUT2D eigenvalue weighted by atomic mass is 10.2. The molecule has 1 saturated carbocycles. The van der Waals surface area contributed by atoms with Crippen LogP contribution in [0, 0.1) is 5.92 Å². The van der Waals surface area contributed by atoms with Crippen molar-refractivity contribution in [2.75, 3.05) is 13.1 Å². The van der Waals surface area contributed by atoms with Crippen LogP contribution in [0.1, 0.15) is 52.9 Å². The molecule has 0 bridgehead atoms. The first-order chi connectivity index (χ1) is 8.63. The van der Waals surface area contributed by atoms with Crippen LogP contribution in [0.5, 0.6) is 0 Å². The molecule has 0 heterocycles. The smallest absolute Gasteiger partial charge is 0.219 e. The quantitative estimate of drug-likeness (QED) is 0.471. The maximum Gasteiger partial charge on any atom is 0.219 e. The van der Waals surface area contributed by atoms with Crippen LogP contribution < -0.4 is 0 Å². The van der Waals surface area contributed by atoms with Gasteiger partial charge in [0.1, 0.15) is 0 Å². The van der Waals surface area contributed by atoms with E-state index < -0.39 is 0 Å². The summed E-state index contributed by atoms with van der Waals surface area (Å²) in [5.41, 5.74) is 1.32. The molecule has 0 aromatic rings. The number of hydrogen-bond donors (Lipinski definition) is 0. The molecule has 0 saturated heterocycles. The van der Waals surface area contributed by atoms with E-state index in [1.54, 1.807) is 6.92 Å². The molecule has 0 radical (unpaired) electrons. The lowest BCUT2D eigenvalue weighted by Gasteiger charge is -2.21. The number of allylic oxidation sites excluding steroid dienone is 3. The molecule has 0 unspecified atom stereocenters. The number of carbonyl (C=O) groups excluding carboxylic acids is 1. The summed E-state index contributed by atoms with van der Waals surface area (Å²) >= 11 is 0. The standard InChI is InChI=1S/C16H27NO/c1-4-5-6-7-8-9-14(2)12-17(15(3)18)13-16-10-11-16/h5-6,9,16H,4,7-8,10-13H2,1-3H3. The van der Waals surface area contributed by atoms with Crippen molar-refractivity contribution in [1.29, 1.82) is 0 Å². The van der Waals surface area contributed by atoms with Crippen molar-refractivity contribution in [2.24, 2.45) is 5.92 Å². The second-order valence-electron chi connectivity index (χ2n) is 5.35. The van der Waals surface area contributed by atoms with Crippen LogP contribution in [0.2, 0.25) is 0 Å². The highest BCUT2D eigenvalue weighted by Gasteiger charge is 2.25. The fourth-order valence-corrected chi connectivity index (χ4v) is 1.99. The molecule has 0 spiro atoms. The van der Waals surface area contributed by atoms with Gasteiger partial charge < -0.3 is 4.90 Å². The van der Waals surface area contributed by atoms with Gasteiger partial charge in [0.2, 0.25) is 5.91 Å². The zero-order valence-corrected chi connectivity index (χ0v) is 12.1. The Kier molecular flexibility index (Phi) is 6.77. The van der Waals surface area contributed by atoms with Gasteiger partial charge in [0.25, 0.3) is 0 Å². The molecule has 0 aliphatic heterocycles. The Balaban J connectivity index is 2.29. The third-order valence-electron chi connectivity index (χ3n) is 3.29. The summed E-state index contributed by atoms with van der Waals surface area (Å²) in [5, 5.41) is 0. The Morgan fingerprint density at radius 1 is 1.22 bits per heavy atom. The molecule has 1 amide bonds. The maximum absolute atomic E-state index is 11.5. The molecular weight excluding hydrogens is 222 g/mol. The van der Waals surface area contributed by atoms with Gasteiger partial charge in [-0.05, 0) is 44.9 Å². The molecule has 102 valence electrons. The second-order valence-corrected chi connectivity index (χ2v) is 5.35. The highest BCUT2D eigenvalue weighted by molar-refractivity contribution is 5.73. The summed E-state index contributed by atoms with van der Waals surface area (Å²) in [7, 11) is 0. The summed E-state index contributed by atoms with van der Waals surface area (Å²) in [4.78, 5) is 13.5. The van der Waals surface area contributed by atoms with Gasteiger partial charge in [-0.1, -0.05) is 30.7 Å². The Labute approximate surface area is 112 Å². The first-order valence-electron chi connectivity index (χ1n) is 7.19. The number of hydrogen-bond acceptors (Lipinski definition) is 1. The Bertz CT molecular complexity index is 313. The molecule has 1 aliphatic carbocycles. The summed E-state index contributed by atoms with van der Waals surface area (Å²) in [6.07, 6.45) is 12.6. The van der Waals surface area contributed by atoms with E-state index in [-0.39, 0.29) is 5.91 Å². The van der Waals surface area contributed by atoms with Gasteiger partial charge in [0, 0.05) is 20.0 Å². The van der Waals surface area contributed by atoms with Crippen molar-refractivity contribution in [3.05, 3.63) is 23.8 Å². The maximum atomic E-state index is 11.5. The van der Waals surface area contributed by atoms with Gasteiger partial charge in [0.05, 0.1) is 0 Å². The predicted molar refractivity (Wildman–Crippen MR) is 77.4 cm³/mol. The van der Waals surface area contributed by atoms with Crippen molar-refractivity contribution in [3.8, 4) is 0 Å². The van der Waals surface area contributed by atoms with E-state index in [1.165, 1.54) is 18.4 Å². The van der Waals surface area contributed by atoms with Crippen LogP contribution in [0.15, 0.2) is 23.8 Å². The minimum Gasteiger partial charge on any atom is -0.339 e. The van der Waals surface area contributed by atoms with Gasteiger partial charge >= 0.3 is 0 Å². The Morgan fingerprint density at radius 3 is 2.50 bits per heavy atom. The Hall–Kier alpha value is -1.05. The fourth-order valence-electron chi connectivity index (χ4n) is 1.99. The summed E-state index contributed by atoms with van der Waals surface area (Å²) < 4.78 is 0. The molecule has 2 nitrogen and oxygen atoms in total. The van der Waals surface area contributed by atoms with Crippen molar-refractivity contribution in [1.82, 2.24) is 4.90 Å². The molecule has 1 fully saturated rings. The minimum absolute atomic E-state index is 0.209. The summed E-state index contributed by atoms with van der Waals surface area (Å²) in [6, 6.07) is 0. The van der Waals surface area contributed by atoms with Crippen molar-refractivity contribution in [3.63, 3.8) is 0 Å². The predicted octanol–water partition coefficient (Wildman–Crippen LogP) is 3.94. The van der Waals surface area contributed by atoms with E-state index in [0.29, 0.717) is 0 Å². The van der Waals surface area contributed by atoms with Crippen LogP contribution in [0.3, 0.4) is 0 Å². The molecule has 1 rings (SSSR count). The van der Waals surface area contributed by atoms with E-state index in [2.05, 4.69) is 32.1 Å². The van der Waals surface area contributed by atoms with E-state index in [1.807, 2.05) is 4.90 Å². The van der Waals surface area contributed by atoms with Crippen LogP contribution in [-0.2, 0) is 4.79 Å². The zero-order valence-electron chi connectivity index (χ0n) is 12.1. The number of rotatable bonds is 8. The fraction of sp³-hybridized carbons (Fsp3) is 0.688. The van der Waals surface area contributed by atoms with E-state index in [4.69, 9.17) is 0 Å². The summed E-state index contributed by atoms with van der Waals surface area (Å²) in [5.74, 6) is 0.981. The monoisotopic (exact) mass is 249 g/mol. The molecule has 0 aromatic heterocycles. The average Bonchev–Trinajstić information content (AvgIpc) is 3.11. The van der Waals surface area contributed by atoms with E-state index in [0.717, 1.165) is 38.3 Å². The lowest BCUT2D eigenvalue weighted by Crippen LogP contribution is -2.32. The number of unbranched alkanes of at least 4 members (excludes halogenated alkanes) is 1. The third-order valence-corrected chi connectivity index (χ3v) is 3.29. The number of amides is 1. The third kappa shape index (κ3) is 6.63. The van der Waals surface area contributed by atoms with Gasteiger partial charge in [-0.25, -0.2) is 0 Å². The SMILES string of the molecule is CCC=CCCC=C(C)CN(CC1CC1)C(C)=O.